The number of alkyl halides is 1. The molecule has 0 bridgehead atoms. The molecule has 2 aliphatic rings. The van der Waals surface area contributed by atoms with Crippen LogP contribution in [0.3, 0.4) is 0 Å². The first-order valence-electron chi connectivity index (χ1n) is 17.6. The number of likely N-dealkylation sites (N-methyl/N-ethyl adjacent to an activating group) is 1. The van der Waals surface area contributed by atoms with Gasteiger partial charge in [-0.15, -0.1) is 11.8 Å². The minimum atomic E-state index is -1.38. The van der Waals surface area contributed by atoms with E-state index >= 15 is 0 Å². The molecule has 2 unspecified atom stereocenters. The Morgan fingerprint density at radius 2 is 1.90 bits per heavy atom. The molecule has 3 aromatic heterocycles. The van der Waals surface area contributed by atoms with Gasteiger partial charge in [-0.1, -0.05) is 17.3 Å². The number of methoxy groups -OCH3 is 1. The first-order chi connectivity index (χ1) is 27.7. The molecule has 306 valence electrons. The number of thioether (sulfide) groups is 1. The molecule has 4 aromatic rings. The van der Waals surface area contributed by atoms with Crippen LogP contribution in [0.25, 0.3) is 11.2 Å². The van der Waals surface area contributed by atoms with Crippen molar-refractivity contribution in [3.63, 3.8) is 0 Å². The van der Waals surface area contributed by atoms with Crippen LogP contribution in [0.5, 0.6) is 5.75 Å². The number of pyridine rings is 1. The second kappa shape index (κ2) is 17.5. The number of benzene rings is 1. The van der Waals surface area contributed by atoms with Gasteiger partial charge in [0.1, 0.15) is 53.7 Å². The van der Waals surface area contributed by atoms with Gasteiger partial charge in [-0.2, -0.15) is 9.36 Å². The van der Waals surface area contributed by atoms with Gasteiger partial charge in [0.2, 0.25) is 28.9 Å². The number of amides is 4. The van der Waals surface area contributed by atoms with Gasteiger partial charge >= 0.3 is 17.7 Å². The molecular formula is C36H40FN10O9S2+. The molecule has 1 aromatic carbocycles. The fourth-order valence-corrected chi connectivity index (χ4v) is 7.70. The first kappa shape index (κ1) is 41.5. The van der Waals surface area contributed by atoms with E-state index in [9.17, 15) is 28.4 Å². The normalized spacial score (nSPS) is 16.6. The standard InChI is InChI=1S/C36H39FN10O9S2/c1-36(2,3)56-35(52)41-34-40-28(43-58-34)25(42-55-18-37)30(49)39-26-31(50)47-27(33(51)54-16-20-9-11-22(53-6)12-10-20)21(17-57-32(26)47)14-45-13-7-8-23-29(45)38-19-46(23)15-24(48)44(4)5/h7-13,19,26,32H,14-18H2,1-6H3,(H-,39,40,41,43,49,52)/p+1. The van der Waals surface area contributed by atoms with E-state index in [1.807, 2.05) is 10.6 Å². The van der Waals surface area contributed by atoms with Crippen molar-refractivity contribution in [1.82, 2.24) is 34.0 Å². The summed E-state index contributed by atoms with van der Waals surface area (Å²) in [5.41, 5.74) is 1.10. The molecule has 2 N–H and O–H groups in total. The summed E-state index contributed by atoms with van der Waals surface area (Å²) in [6.45, 7) is 3.75. The average molecular weight is 840 g/mol. The van der Waals surface area contributed by atoms with Crippen molar-refractivity contribution in [3.05, 3.63) is 71.6 Å². The highest BCUT2D eigenvalue weighted by Crippen LogP contribution is 2.41. The molecule has 6 rings (SSSR count). The van der Waals surface area contributed by atoms with E-state index < -0.39 is 53.5 Å². The number of fused-ring (bicyclic) bond motifs is 2. The minimum Gasteiger partial charge on any atom is -0.497 e. The van der Waals surface area contributed by atoms with Crippen LogP contribution in [-0.2, 0) is 53.2 Å². The second-order valence-electron chi connectivity index (χ2n) is 14.0. The molecule has 0 spiro atoms. The number of esters is 1. The lowest BCUT2D eigenvalue weighted by molar-refractivity contribution is -0.664. The molecule has 0 aliphatic carbocycles. The molecule has 5 heterocycles. The summed E-state index contributed by atoms with van der Waals surface area (Å²) in [6.07, 6.45) is 2.52. The summed E-state index contributed by atoms with van der Waals surface area (Å²) in [4.78, 5) is 82.2. The van der Waals surface area contributed by atoms with E-state index in [-0.39, 0.29) is 48.0 Å². The Morgan fingerprint density at radius 1 is 1.14 bits per heavy atom. The molecule has 1 saturated heterocycles. The summed E-state index contributed by atoms with van der Waals surface area (Å²) in [7, 11) is 4.87. The van der Waals surface area contributed by atoms with Gasteiger partial charge in [0.25, 0.3) is 18.7 Å². The highest BCUT2D eigenvalue weighted by molar-refractivity contribution is 8.00. The number of β-lactam (4-membered cyclic amide) rings is 1. The fraction of sp³-hybridized carbons (Fsp3) is 0.389. The quantitative estimate of drug-likeness (QED) is 0.0615. The smallest absolute Gasteiger partial charge is 0.414 e. The number of carbonyl (C=O) groups excluding carboxylic acids is 5. The molecule has 1 fully saturated rings. The van der Waals surface area contributed by atoms with Crippen molar-refractivity contribution in [2.45, 2.75) is 57.5 Å². The van der Waals surface area contributed by atoms with Crippen LogP contribution in [0, 0.1) is 0 Å². The van der Waals surface area contributed by atoms with Crippen molar-refractivity contribution in [1.29, 1.82) is 0 Å². The maximum Gasteiger partial charge on any atom is 0.414 e. The third-order valence-corrected chi connectivity index (χ3v) is 10.5. The van der Waals surface area contributed by atoms with Gasteiger partial charge in [-0.3, -0.25) is 29.2 Å². The number of carbonyl (C=O) groups is 5. The number of aromatic nitrogens is 5. The molecule has 2 aliphatic heterocycles. The van der Waals surface area contributed by atoms with Crippen LogP contribution in [0.15, 0.2) is 65.3 Å². The summed E-state index contributed by atoms with van der Waals surface area (Å²) in [5.74, 6) is -1.93. The van der Waals surface area contributed by atoms with Crippen LogP contribution < -0.4 is 19.9 Å². The highest BCUT2D eigenvalue weighted by Gasteiger charge is 2.55. The van der Waals surface area contributed by atoms with Crippen LogP contribution in [-0.4, -0.2) is 115 Å². The topological polar surface area (TPSA) is 213 Å². The highest BCUT2D eigenvalue weighted by atomic mass is 32.2. The average Bonchev–Trinajstić information content (AvgIpc) is 3.82. The number of nitrogens with zero attached hydrogens (tertiary/aromatic N) is 8. The molecule has 0 radical (unpaired) electrons. The predicted molar refractivity (Wildman–Crippen MR) is 207 cm³/mol. The first-order valence-corrected chi connectivity index (χ1v) is 19.4. The number of halogens is 1. The Morgan fingerprint density at radius 3 is 2.59 bits per heavy atom. The zero-order valence-corrected chi connectivity index (χ0v) is 33.9. The maximum absolute atomic E-state index is 14.0. The Kier molecular flexibility index (Phi) is 12.5. The van der Waals surface area contributed by atoms with Gasteiger partial charge in [0, 0.05) is 37.0 Å². The van der Waals surface area contributed by atoms with Gasteiger partial charge in [0.05, 0.1) is 13.3 Å². The molecule has 4 amide bonds. The van der Waals surface area contributed by atoms with Crippen LogP contribution in [0.1, 0.15) is 32.2 Å². The molecule has 0 saturated carbocycles. The van der Waals surface area contributed by atoms with Crippen LogP contribution >= 0.6 is 23.3 Å². The van der Waals surface area contributed by atoms with Crippen LogP contribution in [0.4, 0.5) is 14.3 Å². The Balaban J connectivity index is 1.25. The van der Waals surface area contributed by atoms with E-state index in [2.05, 4.69) is 35.0 Å². The number of hydrogen-bond donors (Lipinski definition) is 2. The van der Waals surface area contributed by atoms with E-state index in [0.29, 0.717) is 39.6 Å². The van der Waals surface area contributed by atoms with E-state index in [0.717, 1.165) is 0 Å². The van der Waals surface area contributed by atoms with Gasteiger partial charge < -0.3 is 29.3 Å². The summed E-state index contributed by atoms with van der Waals surface area (Å²) in [5, 5.41) is 7.73. The number of nitrogens with one attached hydrogen (secondary N) is 2. The zero-order valence-electron chi connectivity index (χ0n) is 32.3. The van der Waals surface area contributed by atoms with Crippen molar-refractivity contribution in [2.24, 2.45) is 5.16 Å². The third kappa shape index (κ3) is 9.34. The number of anilines is 1. The van der Waals surface area contributed by atoms with Crippen molar-refractivity contribution in [3.8, 4) is 5.75 Å². The lowest BCUT2D eigenvalue weighted by atomic mass is 10.0. The largest absolute Gasteiger partial charge is 0.497 e. The monoisotopic (exact) mass is 839 g/mol. The number of imidazole rings is 1. The molecule has 2 atom stereocenters. The Labute approximate surface area is 339 Å². The fourth-order valence-electron chi connectivity index (χ4n) is 5.80. The summed E-state index contributed by atoms with van der Waals surface area (Å²) < 4.78 is 36.8. The number of ether oxygens (including phenoxy) is 3. The Bertz CT molecular complexity index is 2290. The third-order valence-electron chi connectivity index (χ3n) is 8.54. The van der Waals surface area contributed by atoms with Gasteiger partial charge in [-0.25, -0.2) is 18.5 Å². The van der Waals surface area contributed by atoms with Crippen molar-refractivity contribution >= 4 is 75.1 Å². The lowest BCUT2D eigenvalue weighted by Crippen LogP contribution is -2.71. The molecular weight excluding hydrogens is 800 g/mol. The Hall–Kier alpha value is -6.16. The van der Waals surface area contributed by atoms with E-state index in [1.165, 1.54) is 28.7 Å². The number of rotatable bonds is 14. The van der Waals surface area contributed by atoms with E-state index in [4.69, 9.17) is 14.2 Å². The zero-order chi connectivity index (χ0) is 41.7. The van der Waals surface area contributed by atoms with Crippen molar-refractivity contribution < 1.29 is 52.0 Å². The summed E-state index contributed by atoms with van der Waals surface area (Å²) in [6, 6.07) is 9.41. The van der Waals surface area contributed by atoms with Crippen LogP contribution in [0.2, 0.25) is 0 Å². The number of hydrogen-bond acceptors (Lipinski definition) is 15. The minimum absolute atomic E-state index is 0.00756. The predicted octanol–water partition coefficient (Wildman–Crippen LogP) is 2.36. The molecule has 58 heavy (non-hydrogen) atoms. The maximum atomic E-state index is 14.0. The number of oxime groups is 1. The molecule has 22 heteroatoms. The van der Waals surface area contributed by atoms with Gasteiger partial charge in [0.15, 0.2) is 0 Å². The second-order valence-corrected chi connectivity index (χ2v) is 15.8. The van der Waals surface area contributed by atoms with E-state index in [1.54, 1.807) is 82.3 Å². The lowest BCUT2D eigenvalue weighted by Gasteiger charge is -2.49. The summed E-state index contributed by atoms with van der Waals surface area (Å²) >= 11 is 2.00. The van der Waals surface area contributed by atoms with Gasteiger partial charge in [-0.05, 0) is 55.6 Å². The SMILES string of the molecule is COc1ccc(COC(=O)C2=C(C[n+]3cccc4c3ncn4CC(=O)N(C)C)CSC3C(NC(=O)C(=NOCF)c4nsc(NC(=O)OC(C)(C)C)n4)C(=O)N23)cc1. The van der Waals surface area contributed by atoms with Crippen molar-refractivity contribution in [2.75, 3.05) is 39.1 Å². The molecule has 19 nitrogen and oxygen atoms in total.